The fraction of sp³-hybridized carbons (Fsp3) is 0.857. The van der Waals surface area contributed by atoms with E-state index in [1.807, 2.05) is 20.8 Å². The molecule has 2 fully saturated rings. The molecule has 1 atom stereocenters. The van der Waals surface area contributed by atoms with Crippen molar-refractivity contribution >= 4 is 11.9 Å². The summed E-state index contributed by atoms with van der Waals surface area (Å²) in [7, 11) is 0. The van der Waals surface area contributed by atoms with Crippen LogP contribution < -0.4 is 5.32 Å². The zero-order valence-corrected chi connectivity index (χ0v) is 11.4. The Morgan fingerprint density at radius 3 is 1.83 bits per heavy atom. The van der Waals surface area contributed by atoms with Gasteiger partial charge >= 0.3 is 5.97 Å². The van der Waals surface area contributed by atoms with E-state index in [1.165, 1.54) is 0 Å². The van der Waals surface area contributed by atoms with E-state index in [4.69, 9.17) is 0 Å². The van der Waals surface area contributed by atoms with E-state index in [0.717, 1.165) is 25.7 Å². The van der Waals surface area contributed by atoms with E-state index >= 15 is 0 Å². The van der Waals surface area contributed by atoms with Crippen molar-refractivity contribution in [1.29, 1.82) is 0 Å². The van der Waals surface area contributed by atoms with Crippen molar-refractivity contribution in [1.82, 2.24) is 5.32 Å². The van der Waals surface area contributed by atoms with Crippen LogP contribution in [0, 0.1) is 23.2 Å². The highest BCUT2D eigenvalue weighted by atomic mass is 16.4. The molecule has 0 aromatic heterocycles. The number of nitrogens with one attached hydrogen (secondary N) is 1. The number of rotatable bonds is 5. The molecule has 0 spiro atoms. The molecular weight excluding hydrogens is 230 g/mol. The van der Waals surface area contributed by atoms with Gasteiger partial charge in [0.25, 0.3) is 0 Å². The second-order valence-corrected chi connectivity index (χ2v) is 6.85. The molecule has 0 heterocycles. The molecular formula is C14H23NO3. The average Bonchev–Trinajstić information content (AvgIpc) is 3.05. The molecule has 2 saturated carbocycles. The van der Waals surface area contributed by atoms with Gasteiger partial charge in [-0.25, -0.2) is 4.79 Å². The van der Waals surface area contributed by atoms with E-state index in [9.17, 15) is 14.7 Å². The molecule has 1 amide bonds. The van der Waals surface area contributed by atoms with Crippen LogP contribution in [0.3, 0.4) is 0 Å². The highest BCUT2D eigenvalue weighted by molar-refractivity contribution is 5.86. The molecule has 2 N–H and O–H groups in total. The van der Waals surface area contributed by atoms with Crippen molar-refractivity contribution in [3.63, 3.8) is 0 Å². The molecule has 4 nitrogen and oxygen atoms in total. The predicted molar refractivity (Wildman–Crippen MR) is 68.0 cm³/mol. The number of carbonyl (C=O) groups excluding carboxylic acids is 1. The number of carboxylic acids is 1. The van der Waals surface area contributed by atoms with Crippen LogP contribution in [0.4, 0.5) is 0 Å². The summed E-state index contributed by atoms with van der Waals surface area (Å²) in [5.74, 6) is 0.0940. The summed E-state index contributed by atoms with van der Waals surface area (Å²) >= 11 is 0. The zero-order valence-electron chi connectivity index (χ0n) is 11.4. The number of hydrogen-bond donors (Lipinski definition) is 2. The summed E-state index contributed by atoms with van der Waals surface area (Å²) in [4.78, 5) is 23.6. The van der Waals surface area contributed by atoms with Crippen LogP contribution in [0.5, 0.6) is 0 Å². The Morgan fingerprint density at radius 2 is 1.56 bits per heavy atom. The molecule has 18 heavy (non-hydrogen) atoms. The third-order valence-electron chi connectivity index (χ3n) is 3.96. The van der Waals surface area contributed by atoms with E-state index in [1.54, 1.807) is 0 Å². The number of hydrogen-bond acceptors (Lipinski definition) is 2. The Bertz CT molecular complexity index is 339. The summed E-state index contributed by atoms with van der Waals surface area (Å²) < 4.78 is 0. The van der Waals surface area contributed by atoms with Gasteiger partial charge in [-0.2, -0.15) is 0 Å². The normalized spacial score (nSPS) is 21.8. The molecule has 0 unspecified atom stereocenters. The van der Waals surface area contributed by atoms with Gasteiger partial charge in [-0.3, -0.25) is 4.79 Å². The Labute approximate surface area is 108 Å². The first-order chi connectivity index (χ1) is 8.30. The van der Waals surface area contributed by atoms with E-state index in [0.29, 0.717) is 11.8 Å². The molecule has 2 aliphatic rings. The molecule has 0 bridgehead atoms. The standard InChI is InChI=1S/C14H23NO3/c1-14(2,3)11(13(17)18)15-12(16)10(8-4-5-8)9-6-7-9/h8-11H,4-7H2,1-3H3,(H,15,16)(H,17,18)/t11-/m1/s1. The van der Waals surface area contributed by atoms with Crippen molar-refractivity contribution in [2.45, 2.75) is 52.5 Å². The van der Waals surface area contributed by atoms with Crippen molar-refractivity contribution < 1.29 is 14.7 Å². The SMILES string of the molecule is CC(C)(C)[C@H](NC(=O)C(C1CC1)C1CC1)C(=O)O. The molecule has 0 aromatic carbocycles. The highest BCUT2D eigenvalue weighted by Gasteiger charge is 2.47. The first-order valence-electron chi connectivity index (χ1n) is 6.84. The monoisotopic (exact) mass is 253 g/mol. The lowest BCUT2D eigenvalue weighted by Crippen LogP contribution is -2.51. The lowest BCUT2D eigenvalue weighted by Gasteiger charge is -2.29. The molecule has 0 saturated heterocycles. The minimum absolute atomic E-state index is 0.0395. The van der Waals surface area contributed by atoms with Gasteiger partial charge in [0.1, 0.15) is 6.04 Å². The maximum absolute atomic E-state index is 12.3. The first kappa shape index (κ1) is 13.4. The largest absolute Gasteiger partial charge is 0.480 e. The Kier molecular flexibility index (Phi) is 3.39. The minimum Gasteiger partial charge on any atom is -0.480 e. The van der Waals surface area contributed by atoms with E-state index < -0.39 is 17.4 Å². The van der Waals surface area contributed by atoms with Gasteiger partial charge in [0.15, 0.2) is 0 Å². The third-order valence-corrected chi connectivity index (χ3v) is 3.96. The fourth-order valence-electron chi connectivity index (χ4n) is 2.61. The smallest absolute Gasteiger partial charge is 0.326 e. The summed E-state index contributed by atoms with van der Waals surface area (Å²) in [5, 5.41) is 12.0. The average molecular weight is 253 g/mol. The molecule has 102 valence electrons. The second kappa shape index (κ2) is 4.56. The van der Waals surface area contributed by atoms with Crippen LogP contribution in [0.15, 0.2) is 0 Å². The van der Waals surface area contributed by atoms with Crippen LogP contribution in [-0.2, 0) is 9.59 Å². The number of carboxylic acid groups (broad SMARTS) is 1. The summed E-state index contributed by atoms with van der Waals surface area (Å²) in [5.41, 5.74) is -0.459. The molecule has 0 aromatic rings. The fourth-order valence-corrected chi connectivity index (χ4v) is 2.61. The van der Waals surface area contributed by atoms with Crippen molar-refractivity contribution in [2.24, 2.45) is 23.2 Å². The van der Waals surface area contributed by atoms with Gasteiger partial charge < -0.3 is 10.4 Å². The van der Waals surface area contributed by atoms with Crippen molar-refractivity contribution in [2.75, 3.05) is 0 Å². The van der Waals surface area contributed by atoms with E-state index in [-0.39, 0.29) is 11.8 Å². The Morgan fingerprint density at radius 1 is 1.11 bits per heavy atom. The maximum atomic E-state index is 12.3. The van der Waals surface area contributed by atoms with Gasteiger partial charge in [-0.1, -0.05) is 20.8 Å². The quantitative estimate of drug-likeness (QED) is 0.788. The van der Waals surface area contributed by atoms with Crippen LogP contribution in [-0.4, -0.2) is 23.0 Å². The number of aliphatic carboxylic acids is 1. The number of amides is 1. The molecule has 2 aliphatic carbocycles. The Balaban J connectivity index is 2.01. The maximum Gasteiger partial charge on any atom is 0.326 e. The lowest BCUT2D eigenvalue weighted by atomic mass is 9.86. The van der Waals surface area contributed by atoms with Crippen LogP contribution in [0.2, 0.25) is 0 Å². The number of carbonyl (C=O) groups is 2. The van der Waals surface area contributed by atoms with Crippen molar-refractivity contribution in [3.05, 3.63) is 0 Å². The van der Waals surface area contributed by atoms with Crippen LogP contribution in [0.25, 0.3) is 0 Å². The van der Waals surface area contributed by atoms with Gasteiger partial charge in [0.2, 0.25) is 5.91 Å². The predicted octanol–water partition coefficient (Wildman–Crippen LogP) is 2.04. The second-order valence-electron chi connectivity index (χ2n) is 6.85. The van der Waals surface area contributed by atoms with Gasteiger partial charge in [0.05, 0.1) is 0 Å². The summed E-state index contributed by atoms with van der Waals surface area (Å²) in [6.45, 7) is 5.53. The van der Waals surface area contributed by atoms with Crippen LogP contribution in [0.1, 0.15) is 46.5 Å². The van der Waals surface area contributed by atoms with Gasteiger partial charge in [-0.15, -0.1) is 0 Å². The van der Waals surface area contributed by atoms with Gasteiger partial charge in [0, 0.05) is 5.92 Å². The summed E-state index contributed by atoms with van der Waals surface area (Å²) in [6.07, 6.45) is 4.51. The Hall–Kier alpha value is -1.06. The first-order valence-corrected chi connectivity index (χ1v) is 6.84. The molecule has 2 rings (SSSR count). The van der Waals surface area contributed by atoms with E-state index in [2.05, 4.69) is 5.32 Å². The van der Waals surface area contributed by atoms with Crippen LogP contribution >= 0.6 is 0 Å². The minimum atomic E-state index is -0.943. The molecule has 0 radical (unpaired) electrons. The molecule has 4 heteroatoms. The zero-order chi connectivity index (χ0) is 13.5. The topological polar surface area (TPSA) is 66.4 Å². The third kappa shape index (κ3) is 3.03. The highest BCUT2D eigenvalue weighted by Crippen LogP contribution is 2.49. The van der Waals surface area contributed by atoms with Gasteiger partial charge in [-0.05, 0) is 42.9 Å². The summed E-state index contributed by atoms with van der Waals surface area (Å²) in [6, 6.07) is -0.801. The molecule has 0 aliphatic heterocycles. The lowest BCUT2D eigenvalue weighted by molar-refractivity contribution is -0.145. The van der Waals surface area contributed by atoms with Crippen molar-refractivity contribution in [3.8, 4) is 0 Å².